The average molecular weight is 255 g/mol. The maximum absolute atomic E-state index is 14.1. The van der Waals surface area contributed by atoms with Crippen molar-refractivity contribution in [3.63, 3.8) is 0 Å². The fourth-order valence-corrected chi connectivity index (χ4v) is 1.70. The standard InChI is InChI=1S/C13H18FNO3/c1-4-9(13(16)18-6-3)10-7-8-15-12(11(10)14)17-5-2/h7-9H,4-6H2,1-3H3. The van der Waals surface area contributed by atoms with E-state index in [2.05, 4.69) is 4.98 Å². The van der Waals surface area contributed by atoms with E-state index in [0.717, 1.165) is 0 Å². The number of pyridine rings is 1. The molecule has 1 unspecified atom stereocenters. The lowest BCUT2D eigenvalue weighted by molar-refractivity contribution is -0.145. The van der Waals surface area contributed by atoms with Gasteiger partial charge in [-0.2, -0.15) is 0 Å². The molecule has 0 aromatic carbocycles. The lowest BCUT2D eigenvalue weighted by Gasteiger charge is -2.15. The van der Waals surface area contributed by atoms with Crippen molar-refractivity contribution in [2.75, 3.05) is 13.2 Å². The molecule has 4 nitrogen and oxygen atoms in total. The summed E-state index contributed by atoms with van der Waals surface area (Å²) in [5, 5.41) is 0. The summed E-state index contributed by atoms with van der Waals surface area (Å²) < 4.78 is 24.1. The van der Waals surface area contributed by atoms with E-state index in [1.807, 2.05) is 6.92 Å². The Morgan fingerprint density at radius 3 is 2.67 bits per heavy atom. The predicted octanol–water partition coefficient (Wildman–Crippen LogP) is 2.68. The van der Waals surface area contributed by atoms with Gasteiger partial charge in [-0.25, -0.2) is 9.37 Å². The van der Waals surface area contributed by atoms with Gasteiger partial charge in [-0.15, -0.1) is 0 Å². The summed E-state index contributed by atoms with van der Waals surface area (Å²) in [4.78, 5) is 15.5. The molecule has 0 aliphatic carbocycles. The van der Waals surface area contributed by atoms with Gasteiger partial charge in [-0.3, -0.25) is 4.79 Å². The van der Waals surface area contributed by atoms with Crippen LogP contribution >= 0.6 is 0 Å². The van der Waals surface area contributed by atoms with Crippen LogP contribution in [0, 0.1) is 5.82 Å². The minimum absolute atomic E-state index is 0.0715. The molecule has 0 amide bonds. The second kappa shape index (κ2) is 6.93. The Kier molecular flexibility index (Phi) is 5.55. The van der Waals surface area contributed by atoms with Crippen molar-refractivity contribution in [2.45, 2.75) is 33.1 Å². The zero-order chi connectivity index (χ0) is 13.5. The number of halogens is 1. The van der Waals surface area contributed by atoms with Crippen LogP contribution in [0.15, 0.2) is 12.3 Å². The Hall–Kier alpha value is -1.65. The zero-order valence-corrected chi connectivity index (χ0v) is 10.9. The van der Waals surface area contributed by atoms with E-state index in [1.165, 1.54) is 12.3 Å². The van der Waals surface area contributed by atoms with Crippen LogP contribution in [0.25, 0.3) is 0 Å². The van der Waals surface area contributed by atoms with E-state index in [1.54, 1.807) is 13.8 Å². The molecule has 0 spiro atoms. The molecule has 1 rings (SSSR count). The van der Waals surface area contributed by atoms with E-state index in [-0.39, 0.29) is 18.1 Å². The molecule has 1 aromatic rings. The fourth-order valence-electron chi connectivity index (χ4n) is 1.70. The first-order chi connectivity index (χ1) is 8.65. The smallest absolute Gasteiger partial charge is 0.313 e. The maximum atomic E-state index is 14.1. The summed E-state index contributed by atoms with van der Waals surface area (Å²) in [5.74, 6) is -1.70. The van der Waals surface area contributed by atoms with Gasteiger partial charge in [0.2, 0.25) is 0 Å². The van der Waals surface area contributed by atoms with Crippen molar-refractivity contribution >= 4 is 5.97 Å². The third-order valence-corrected chi connectivity index (χ3v) is 2.52. The summed E-state index contributed by atoms with van der Waals surface area (Å²) in [6.45, 7) is 5.88. The van der Waals surface area contributed by atoms with Crippen LogP contribution in [-0.4, -0.2) is 24.2 Å². The topological polar surface area (TPSA) is 48.4 Å². The van der Waals surface area contributed by atoms with Crippen LogP contribution in [0.3, 0.4) is 0 Å². The van der Waals surface area contributed by atoms with Crippen LogP contribution in [-0.2, 0) is 9.53 Å². The third kappa shape index (κ3) is 3.18. The van der Waals surface area contributed by atoms with Crippen LogP contribution in [0.1, 0.15) is 38.7 Å². The van der Waals surface area contributed by atoms with Gasteiger partial charge in [-0.05, 0) is 26.3 Å². The highest BCUT2D eigenvalue weighted by Gasteiger charge is 2.25. The van der Waals surface area contributed by atoms with Gasteiger partial charge in [0, 0.05) is 11.8 Å². The number of esters is 1. The molecule has 0 saturated heterocycles. The molecule has 0 aliphatic rings. The van der Waals surface area contributed by atoms with Gasteiger partial charge in [0.25, 0.3) is 5.88 Å². The normalized spacial score (nSPS) is 12.0. The van der Waals surface area contributed by atoms with Gasteiger partial charge in [0.1, 0.15) is 0 Å². The lowest BCUT2D eigenvalue weighted by Crippen LogP contribution is -2.17. The Bertz CT molecular complexity index is 409. The molecule has 0 aliphatic heterocycles. The highest BCUT2D eigenvalue weighted by atomic mass is 19.1. The summed E-state index contributed by atoms with van der Waals surface area (Å²) in [7, 11) is 0. The molecule has 0 bridgehead atoms. The van der Waals surface area contributed by atoms with Crippen LogP contribution < -0.4 is 4.74 Å². The molecular weight excluding hydrogens is 237 g/mol. The van der Waals surface area contributed by atoms with Crippen molar-refractivity contribution in [2.24, 2.45) is 0 Å². The monoisotopic (exact) mass is 255 g/mol. The van der Waals surface area contributed by atoms with Crippen molar-refractivity contribution < 1.29 is 18.7 Å². The number of rotatable bonds is 6. The van der Waals surface area contributed by atoms with Gasteiger partial charge in [0.15, 0.2) is 5.82 Å². The molecule has 0 radical (unpaired) electrons. The zero-order valence-electron chi connectivity index (χ0n) is 10.9. The Morgan fingerprint density at radius 2 is 2.11 bits per heavy atom. The number of carbonyl (C=O) groups excluding carboxylic acids is 1. The quantitative estimate of drug-likeness (QED) is 0.733. The SMILES string of the molecule is CCOC(=O)C(CC)c1ccnc(OCC)c1F. The second-order valence-electron chi connectivity index (χ2n) is 3.67. The summed E-state index contributed by atoms with van der Waals surface area (Å²) in [6, 6.07) is 1.49. The predicted molar refractivity (Wildman–Crippen MR) is 65.0 cm³/mol. The molecule has 1 heterocycles. The molecule has 1 atom stereocenters. The van der Waals surface area contributed by atoms with Gasteiger partial charge in [-0.1, -0.05) is 6.92 Å². The van der Waals surface area contributed by atoms with E-state index in [0.29, 0.717) is 13.0 Å². The third-order valence-electron chi connectivity index (χ3n) is 2.52. The Labute approximate surface area is 106 Å². The van der Waals surface area contributed by atoms with Crippen LogP contribution in [0.5, 0.6) is 5.88 Å². The highest BCUT2D eigenvalue weighted by molar-refractivity contribution is 5.78. The van der Waals surface area contributed by atoms with E-state index in [9.17, 15) is 9.18 Å². The minimum Gasteiger partial charge on any atom is -0.476 e. The molecular formula is C13H18FNO3. The molecule has 0 N–H and O–H groups in total. The van der Waals surface area contributed by atoms with E-state index >= 15 is 0 Å². The van der Waals surface area contributed by atoms with Crippen LogP contribution in [0.2, 0.25) is 0 Å². The van der Waals surface area contributed by atoms with E-state index < -0.39 is 17.7 Å². The number of hydrogen-bond donors (Lipinski definition) is 0. The fraction of sp³-hybridized carbons (Fsp3) is 0.538. The molecule has 5 heteroatoms. The van der Waals surface area contributed by atoms with Crippen molar-refractivity contribution in [1.29, 1.82) is 0 Å². The Balaban J connectivity index is 3.05. The second-order valence-corrected chi connectivity index (χ2v) is 3.67. The molecule has 18 heavy (non-hydrogen) atoms. The Morgan fingerprint density at radius 1 is 1.39 bits per heavy atom. The van der Waals surface area contributed by atoms with Crippen LogP contribution in [0.4, 0.5) is 4.39 Å². The van der Waals surface area contributed by atoms with Crippen molar-refractivity contribution in [3.8, 4) is 5.88 Å². The van der Waals surface area contributed by atoms with Gasteiger partial charge < -0.3 is 9.47 Å². The molecule has 0 fully saturated rings. The average Bonchev–Trinajstić information content (AvgIpc) is 2.35. The number of hydrogen-bond acceptors (Lipinski definition) is 4. The largest absolute Gasteiger partial charge is 0.476 e. The first-order valence-electron chi connectivity index (χ1n) is 6.09. The lowest BCUT2D eigenvalue weighted by atomic mass is 9.97. The highest BCUT2D eigenvalue weighted by Crippen LogP contribution is 2.27. The number of nitrogens with zero attached hydrogens (tertiary/aromatic N) is 1. The number of aromatic nitrogens is 1. The number of ether oxygens (including phenoxy) is 2. The maximum Gasteiger partial charge on any atom is 0.313 e. The number of carbonyl (C=O) groups is 1. The summed E-state index contributed by atoms with van der Waals surface area (Å²) in [6.07, 6.45) is 1.90. The molecule has 100 valence electrons. The molecule has 0 saturated carbocycles. The first-order valence-corrected chi connectivity index (χ1v) is 6.09. The first kappa shape index (κ1) is 14.4. The van der Waals surface area contributed by atoms with Gasteiger partial charge in [0.05, 0.1) is 19.1 Å². The van der Waals surface area contributed by atoms with E-state index in [4.69, 9.17) is 9.47 Å². The minimum atomic E-state index is -0.618. The van der Waals surface area contributed by atoms with Crippen molar-refractivity contribution in [1.82, 2.24) is 4.98 Å². The molecule has 1 aromatic heterocycles. The summed E-state index contributed by atoms with van der Waals surface area (Å²) >= 11 is 0. The van der Waals surface area contributed by atoms with Crippen molar-refractivity contribution in [3.05, 3.63) is 23.6 Å². The van der Waals surface area contributed by atoms with Gasteiger partial charge >= 0.3 is 5.97 Å². The summed E-state index contributed by atoms with van der Waals surface area (Å²) in [5.41, 5.74) is 0.273.